The predicted molar refractivity (Wildman–Crippen MR) is 75.2 cm³/mol. The van der Waals surface area contributed by atoms with Crippen LogP contribution in [0.5, 0.6) is 0 Å². The second-order valence-corrected chi connectivity index (χ2v) is 4.87. The van der Waals surface area contributed by atoms with Crippen LogP contribution in [0.4, 0.5) is 0 Å². The lowest BCUT2D eigenvalue weighted by molar-refractivity contribution is -0.0503. The Labute approximate surface area is 126 Å². The molecule has 1 heterocycles. The van der Waals surface area contributed by atoms with Crippen LogP contribution >= 0.6 is 0 Å². The Morgan fingerprint density at radius 1 is 0.619 bits per heavy atom. The second kappa shape index (κ2) is 13.4. The van der Waals surface area contributed by atoms with E-state index in [2.05, 4.69) is 0 Å². The molecule has 2 N–H and O–H groups in total. The number of rotatable bonds is 3. The van der Waals surface area contributed by atoms with Crippen molar-refractivity contribution in [1.29, 1.82) is 0 Å². The number of ether oxygens (including phenoxy) is 5. The number of aliphatic hydroxyl groups excluding tert-OH is 2. The SMILES string of the molecule is OCC(CO)C1COCCOCCOCCOCCOC1. The lowest BCUT2D eigenvalue weighted by atomic mass is 9.95. The van der Waals surface area contributed by atoms with Crippen LogP contribution < -0.4 is 0 Å². The summed E-state index contributed by atoms with van der Waals surface area (Å²) in [5.74, 6) is -0.282. The van der Waals surface area contributed by atoms with E-state index in [1.165, 1.54) is 0 Å². The van der Waals surface area contributed by atoms with Crippen LogP contribution in [-0.2, 0) is 23.7 Å². The molecule has 7 heteroatoms. The normalized spacial score (nSPS) is 22.4. The standard InChI is InChI=1S/C14H28O7/c15-9-13(10-16)14-11-20-7-5-18-3-1-17-2-4-19-6-8-21-12-14/h13-16H,1-12H2. The summed E-state index contributed by atoms with van der Waals surface area (Å²) in [5, 5.41) is 18.6. The van der Waals surface area contributed by atoms with E-state index in [1.54, 1.807) is 0 Å². The first-order valence-electron chi connectivity index (χ1n) is 7.49. The summed E-state index contributed by atoms with van der Waals surface area (Å²) in [6.07, 6.45) is 0. The van der Waals surface area contributed by atoms with Crippen molar-refractivity contribution in [2.24, 2.45) is 11.8 Å². The van der Waals surface area contributed by atoms with Crippen LogP contribution in [0.2, 0.25) is 0 Å². The maximum atomic E-state index is 9.28. The molecular formula is C14H28O7. The van der Waals surface area contributed by atoms with E-state index < -0.39 is 0 Å². The van der Waals surface area contributed by atoms with E-state index in [0.717, 1.165) is 0 Å². The van der Waals surface area contributed by atoms with Gasteiger partial charge in [-0.05, 0) is 0 Å². The van der Waals surface area contributed by atoms with E-state index in [4.69, 9.17) is 23.7 Å². The van der Waals surface area contributed by atoms with Gasteiger partial charge >= 0.3 is 0 Å². The third kappa shape index (κ3) is 9.36. The monoisotopic (exact) mass is 308 g/mol. The molecule has 0 aromatic carbocycles. The zero-order chi connectivity index (χ0) is 15.2. The van der Waals surface area contributed by atoms with Gasteiger partial charge in [0.15, 0.2) is 0 Å². The quantitative estimate of drug-likeness (QED) is 0.713. The summed E-state index contributed by atoms with van der Waals surface area (Å²) in [6.45, 7) is 4.77. The molecule has 0 spiro atoms. The molecule has 1 aliphatic rings. The van der Waals surface area contributed by atoms with Gasteiger partial charge in [-0.25, -0.2) is 0 Å². The van der Waals surface area contributed by atoms with Crippen molar-refractivity contribution < 1.29 is 33.9 Å². The molecule has 0 radical (unpaired) electrons. The fourth-order valence-electron chi connectivity index (χ4n) is 1.92. The molecule has 126 valence electrons. The van der Waals surface area contributed by atoms with Gasteiger partial charge in [-0.1, -0.05) is 0 Å². The van der Waals surface area contributed by atoms with Crippen LogP contribution in [0.3, 0.4) is 0 Å². The van der Waals surface area contributed by atoms with Crippen molar-refractivity contribution in [3.63, 3.8) is 0 Å². The third-order valence-electron chi connectivity index (χ3n) is 3.29. The maximum absolute atomic E-state index is 9.28. The lowest BCUT2D eigenvalue weighted by Gasteiger charge is -2.24. The third-order valence-corrected chi connectivity index (χ3v) is 3.29. The van der Waals surface area contributed by atoms with Gasteiger partial charge in [0.1, 0.15) is 0 Å². The van der Waals surface area contributed by atoms with Gasteiger partial charge in [0.25, 0.3) is 0 Å². The first-order chi connectivity index (χ1) is 10.4. The van der Waals surface area contributed by atoms with Crippen LogP contribution in [0.25, 0.3) is 0 Å². The smallest absolute Gasteiger partial charge is 0.0701 e. The molecule has 0 aliphatic carbocycles. The van der Waals surface area contributed by atoms with Crippen LogP contribution in [0.15, 0.2) is 0 Å². The van der Waals surface area contributed by atoms with Gasteiger partial charge < -0.3 is 33.9 Å². The van der Waals surface area contributed by atoms with Gasteiger partial charge in [0, 0.05) is 25.0 Å². The highest BCUT2D eigenvalue weighted by Crippen LogP contribution is 2.12. The number of hydrogen-bond donors (Lipinski definition) is 2. The lowest BCUT2D eigenvalue weighted by Crippen LogP contribution is -2.31. The van der Waals surface area contributed by atoms with E-state index in [9.17, 15) is 10.2 Å². The van der Waals surface area contributed by atoms with Gasteiger partial charge in [-0.3, -0.25) is 0 Å². The Bertz CT molecular complexity index is 207. The fraction of sp³-hybridized carbons (Fsp3) is 1.00. The molecule has 0 aromatic rings. The largest absolute Gasteiger partial charge is 0.396 e. The minimum Gasteiger partial charge on any atom is -0.396 e. The highest BCUT2D eigenvalue weighted by atomic mass is 16.6. The highest BCUT2D eigenvalue weighted by molar-refractivity contribution is 4.68. The Hall–Kier alpha value is -0.280. The summed E-state index contributed by atoms with van der Waals surface area (Å²) < 4.78 is 27.1. The summed E-state index contributed by atoms with van der Waals surface area (Å²) in [4.78, 5) is 0. The molecule has 0 amide bonds. The molecule has 1 saturated heterocycles. The molecule has 0 bridgehead atoms. The van der Waals surface area contributed by atoms with Crippen molar-refractivity contribution in [3.05, 3.63) is 0 Å². The predicted octanol–water partition coefficient (Wildman–Crippen LogP) is -0.700. The van der Waals surface area contributed by atoms with E-state index in [1.807, 2.05) is 0 Å². The average molecular weight is 308 g/mol. The minimum absolute atomic E-state index is 0.0451. The molecule has 0 atom stereocenters. The zero-order valence-electron chi connectivity index (χ0n) is 12.6. The van der Waals surface area contributed by atoms with E-state index in [0.29, 0.717) is 66.1 Å². The van der Waals surface area contributed by atoms with Crippen molar-refractivity contribution in [2.45, 2.75) is 0 Å². The second-order valence-electron chi connectivity index (χ2n) is 4.87. The van der Waals surface area contributed by atoms with Gasteiger partial charge in [-0.2, -0.15) is 0 Å². The first kappa shape index (κ1) is 18.8. The van der Waals surface area contributed by atoms with E-state index >= 15 is 0 Å². The molecule has 0 unspecified atom stereocenters. The Kier molecular flexibility index (Phi) is 12.0. The van der Waals surface area contributed by atoms with Crippen molar-refractivity contribution >= 4 is 0 Å². The van der Waals surface area contributed by atoms with Crippen LogP contribution in [-0.4, -0.2) is 89.5 Å². The molecule has 1 fully saturated rings. The summed E-state index contributed by atoms with van der Waals surface area (Å²) >= 11 is 0. The molecular weight excluding hydrogens is 280 g/mol. The Morgan fingerprint density at radius 2 is 0.952 bits per heavy atom. The minimum atomic E-state index is -0.237. The van der Waals surface area contributed by atoms with Gasteiger partial charge in [0.05, 0.1) is 66.1 Å². The van der Waals surface area contributed by atoms with Crippen molar-refractivity contribution in [1.82, 2.24) is 0 Å². The Morgan fingerprint density at radius 3 is 1.29 bits per heavy atom. The molecule has 7 nitrogen and oxygen atoms in total. The Balaban J connectivity index is 2.34. The first-order valence-corrected chi connectivity index (χ1v) is 7.49. The summed E-state index contributed by atoms with van der Waals surface area (Å²) in [6, 6.07) is 0. The highest BCUT2D eigenvalue weighted by Gasteiger charge is 2.21. The topological polar surface area (TPSA) is 86.6 Å². The number of aliphatic hydroxyl groups is 2. The summed E-state index contributed by atoms with van der Waals surface area (Å²) in [5.41, 5.74) is 0. The molecule has 0 aromatic heterocycles. The van der Waals surface area contributed by atoms with Crippen LogP contribution in [0.1, 0.15) is 0 Å². The maximum Gasteiger partial charge on any atom is 0.0701 e. The zero-order valence-corrected chi connectivity index (χ0v) is 12.6. The summed E-state index contributed by atoms with van der Waals surface area (Å²) in [7, 11) is 0. The number of hydrogen-bond acceptors (Lipinski definition) is 7. The van der Waals surface area contributed by atoms with Crippen molar-refractivity contribution in [3.8, 4) is 0 Å². The van der Waals surface area contributed by atoms with Gasteiger partial charge in [-0.15, -0.1) is 0 Å². The van der Waals surface area contributed by atoms with Crippen molar-refractivity contribution in [2.75, 3.05) is 79.3 Å². The van der Waals surface area contributed by atoms with Gasteiger partial charge in [0.2, 0.25) is 0 Å². The fourth-order valence-corrected chi connectivity index (χ4v) is 1.92. The molecule has 1 aliphatic heterocycles. The van der Waals surface area contributed by atoms with E-state index in [-0.39, 0.29) is 25.0 Å². The van der Waals surface area contributed by atoms with Crippen LogP contribution in [0, 0.1) is 11.8 Å². The molecule has 1 rings (SSSR count). The molecule has 0 saturated carbocycles. The average Bonchev–Trinajstić information content (AvgIpc) is 2.50. The molecule has 21 heavy (non-hydrogen) atoms.